The van der Waals surface area contributed by atoms with Crippen molar-refractivity contribution >= 4 is 17.8 Å². The largest absolute Gasteiger partial charge is 0.550 e. The minimum absolute atomic E-state index is 0.497. The van der Waals surface area contributed by atoms with Gasteiger partial charge in [-0.05, 0) is 13.8 Å². The third kappa shape index (κ3) is 4.26. The van der Waals surface area contributed by atoms with Crippen LogP contribution in [0.1, 0.15) is 20.3 Å². The maximum Gasteiger partial charge on any atom is 0.330 e. The second kappa shape index (κ2) is 5.45. The molecule has 1 amide bonds. The molecule has 0 heterocycles. The van der Waals surface area contributed by atoms with Gasteiger partial charge in [0.2, 0.25) is 0 Å². The zero-order chi connectivity index (χ0) is 12.9. The molecule has 16 heavy (non-hydrogen) atoms. The van der Waals surface area contributed by atoms with E-state index < -0.39 is 35.8 Å². The Labute approximate surface area is 92.9 Å². The van der Waals surface area contributed by atoms with Gasteiger partial charge in [0.05, 0.1) is 7.11 Å². The molecule has 0 aromatic heterocycles. The minimum Gasteiger partial charge on any atom is -0.550 e. The number of aliphatic carboxylic acids is 1. The number of carbonyl (C=O) groups excluding carboxylic acids is 3. The smallest absolute Gasteiger partial charge is 0.330 e. The van der Waals surface area contributed by atoms with Crippen LogP contribution in [0.4, 0.5) is 0 Å². The third-order valence-corrected chi connectivity index (χ3v) is 1.92. The standard InChI is InChI=1S/C9H16N2O5/c1-9(2,8(15)16-3)11-7(14)5(10)4-6(12)13/h5H,4,10H2,1-3H3,(H,11,14)(H,12,13). The summed E-state index contributed by atoms with van der Waals surface area (Å²) in [5.41, 5.74) is 2.15. The molecule has 0 saturated carbocycles. The van der Waals surface area contributed by atoms with Gasteiger partial charge >= 0.3 is 5.97 Å². The first-order valence-electron chi connectivity index (χ1n) is 4.64. The normalized spacial score (nSPS) is 12.8. The third-order valence-electron chi connectivity index (χ3n) is 1.92. The molecule has 0 saturated heterocycles. The summed E-state index contributed by atoms with van der Waals surface area (Å²) in [5, 5.41) is 12.6. The topological polar surface area (TPSA) is 123 Å². The molecule has 0 radical (unpaired) electrons. The van der Waals surface area contributed by atoms with Crippen molar-refractivity contribution in [2.24, 2.45) is 0 Å². The number of methoxy groups -OCH3 is 1. The lowest BCUT2D eigenvalue weighted by Gasteiger charge is -2.24. The van der Waals surface area contributed by atoms with Crippen molar-refractivity contribution < 1.29 is 30.0 Å². The molecule has 7 heteroatoms. The summed E-state index contributed by atoms with van der Waals surface area (Å²) in [7, 11) is 1.19. The number of hydrogen-bond donors (Lipinski definition) is 2. The molecule has 0 aromatic rings. The molecule has 0 aromatic carbocycles. The number of rotatable bonds is 5. The molecule has 1 atom stereocenters. The van der Waals surface area contributed by atoms with E-state index >= 15 is 0 Å². The lowest BCUT2D eigenvalue weighted by molar-refractivity contribution is -0.409. The first kappa shape index (κ1) is 14.4. The van der Waals surface area contributed by atoms with Gasteiger partial charge in [0.1, 0.15) is 5.54 Å². The first-order valence-corrected chi connectivity index (χ1v) is 4.64. The Balaban J connectivity index is 4.44. The average Bonchev–Trinajstić information content (AvgIpc) is 2.14. The summed E-state index contributed by atoms with van der Waals surface area (Å²) < 4.78 is 4.47. The quantitative estimate of drug-likeness (QED) is 0.483. The van der Waals surface area contributed by atoms with Crippen LogP contribution in [0.5, 0.6) is 0 Å². The fourth-order valence-electron chi connectivity index (χ4n) is 1.01. The van der Waals surface area contributed by atoms with Crippen molar-refractivity contribution in [1.29, 1.82) is 0 Å². The van der Waals surface area contributed by atoms with E-state index in [0.717, 1.165) is 0 Å². The summed E-state index contributed by atoms with van der Waals surface area (Å²) in [6.07, 6.45) is -0.497. The highest BCUT2D eigenvalue weighted by Gasteiger charge is 2.33. The Morgan fingerprint density at radius 2 is 1.94 bits per heavy atom. The summed E-state index contributed by atoms with van der Waals surface area (Å²) in [4.78, 5) is 32.9. The average molecular weight is 232 g/mol. The van der Waals surface area contributed by atoms with Gasteiger partial charge in [-0.25, -0.2) is 4.79 Å². The molecule has 92 valence electrons. The van der Waals surface area contributed by atoms with E-state index in [0.29, 0.717) is 0 Å². The highest BCUT2D eigenvalue weighted by atomic mass is 16.5. The lowest BCUT2D eigenvalue weighted by Crippen LogP contribution is -2.70. The Morgan fingerprint density at radius 3 is 2.31 bits per heavy atom. The van der Waals surface area contributed by atoms with Crippen molar-refractivity contribution in [2.45, 2.75) is 31.8 Å². The van der Waals surface area contributed by atoms with Gasteiger partial charge in [-0.15, -0.1) is 0 Å². The number of hydrogen-bond acceptors (Lipinski definition) is 5. The number of quaternary nitrogens is 1. The van der Waals surface area contributed by atoms with Gasteiger partial charge < -0.3 is 25.7 Å². The monoisotopic (exact) mass is 232 g/mol. The highest BCUT2D eigenvalue weighted by molar-refractivity contribution is 5.90. The van der Waals surface area contributed by atoms with Gasteiger partial charge in [0.15, 0.2) is 6.04 Å². The Morgan fingerprint density at radius 1 is 1.44 bits per heavy atom. The molecule has 0 aliphatic heterocycles. The van der Waals surface area contributed by atoms with Gasteiger partial charge in [-0.3, -0.25) is 4.79 Å². The first-order chi connectivity index (χ1) is 7.20. The molecular weight excluding hydrogens is 216 g/mol. The second-order valence-corrected chi connectivity index (χ2v) is 3.88. The van der Waals surface area contributed by atoms with E-state index in [1.54, 1.807) is 0 Å². The zero-order valence-corrected chi connectivity index (χ0v) is 9.53. The maximum atomic E-state index is 11.4. The van der Waals surface area contributed by atoms with Crippen LogP contribution in [-0.2, 0) is 19.1 Å². The number of carboxylic acids is 1. The maximum absolute atomic E-state index is 11.4. The van der Waals surface area contributed by atoms with E-state index in [1.165, 1.54) is 21.0 Å². The van der Waals surface area contributed by atoms with E-state index in [2.05, 4.69) is 15.8 Å². The van der Waals surface area contributed by atoms with Crippen molar-refractivity contribution in [1.82, 2.24) is 5.32 Å². The molecule has 0 spiro atoms. The van der Waals surface area contributed by atoms with Crippen molar-refractivity contribution in [3.8, 4) is 0 Å². The van der Waals surface area contributed by atoms with Crippen LogP contribution in [0.25, 0.3) is 0 Å². The van der Waals surface area contributed by atoms with Crippen LogP contribution in [0.2, 0.25) is 0 Å². The number of carbonyl (C=O) groups is 3. The lowest BCUT2D eigenvalue weighted by atomic mass is 10.0. The van der Waals surface area contributed by atoms with Crippen LogP contribution in [0.3, 0.4) is 0 Å². The molecule has 0 fully saturated rings. The van der Waals surface area contributed by atoms with Crippen LogP contribution in [0.15, 0.2) is 0 Å². The molecular formula is C9H16N2O5. The van der Waals surface area contributed by atoms with Crippen LogP contribution >= 0.6 is 0 Å². The van der Waals surface area contributed by atoms with Crippen LogP contribution in [-0.4, -0.2) is 36.5 Å². The number of amides is 1. The Hall–Kier alpha value is -1.63. The Kier molecular flexibility index (Phi) is 4.90. The zero-order valence-electron chi connectivity index (χ0n) is 9.53. The number of esters is 1. The predicted molar refractivity (Wildman–Crippen MR) is 50.5 cm³/mol. The molecule has 0 rings (SSSR count). The minimum atomic E-state index is -1.37. The second-order valence-electron chi connectivity index (χ2n) is 3.88. The number of carboxylic acid groups (broad SMARTS) is 1. The molecule has 1 unspecified atom stereocenters. The predicted octanol–water partition coefficient (Wildman–Crippen LogP) is -3.20. The van der Waals surface area contributed by atoms with E-state index in [4.69, 9.17) is 0 Å². The van der Waals surface area contributed by atoms with E-state index in [9.17, 15) is 19.5 Å². The fourth-order valence-corrected chi connectivity index (χ4v) is 1.01. The highest BCUT2D eigenvalue weighted by Crippen LogP contribution is 2.04. The van der Waals surface area contributed by atoms with Gasteiger partial charge in [-0.2, -0.15) is 0 Å². The molecule has 4 N–H and O–H groups in total. The summed E-state index contributed by atoms with van der Waals surface area (Å²) in [6.45, 7) is 2.89. The van der Waals surface area contributed by atoms with Crippen molar-refractivity contribution in [2.75, 3.05) is 7.11 Å². The molecule has 0 aliphatic carbocycles. The van der Waals surface area contributed by atoms with Crippen LogP contribution < -0.4 is 16.2 Å². The van der Waals surface area contributed by atoms with Gasteiger partial charge in [0.25, 0.3) is 5.91 Å². The summed E-state index contributed by atoms with van der Waals surface area (Å²) in [5.74, 6) is -2.63. The summed E-state index contributed by atoms with van der Waals surface area (Å²) in [6, 6.07) is -1.01. The van der Waals surface area contributed by atoms with Gasteiger partial charge in [-0.1, -0.05) is 0 Å². The molecule has 0 bridgehead atoms. The fraction of sp³-hybridized carbons (Fsp3) is 0.667. The molecule has 0 aliphatic rings. The number of ether oxygens (including phenoxy) is 1. The van der Waals surface area contributed by atoms with E-state index in [1.807, 2.05) is 0 Å². The van der Waals surface area contributed by atoms with Gasteiger partial charge in [0, 0.05) is 12.4 Å². The van der Waals surface area contributed by atoms with E-state index in [-0.39, 0.29) is 0 Å². The number of nitrogens with one attached hydrogen (secondary N) is 1. The summed E-state index contributed by atoms with van der Waals surface area (Å²) >= 11 is 0. The van der Waals surface area contributed by atoms with Crippen LogP contribution in [0, 0.1) is 0 Å². The SMILES string of the molecule is COC(=O)C(C)(C)NC(=O)C([NH3+])CC(=O)[O-]. The van der Waals surface area contributed by atoms with Crippen molar-refractivity contribution in [3.63, 3.8) is 0 Å². The van der Waals surface area contributed by atoms with Crippen molar-refractivity contribution in [3.05, 3.63) is 0 Å². The Bertz CT molecular complexity index is 300. The molecule has 7 nitrogen and oxygen atoms in total.